The van der Waals surface area contributed by atoms with Gasteiger partial charge in [-0.05, 0) is 34.8 Å². The number of benzene rings is 1. The molecule has 0 bridgehead atoms. The average Bonchev–Trinajstić information content (AvgIpc) is 2.41. The Balaban J connectivity index is 2.64. The molecule has 1 N–H and O–H groups in total. The maximum Gasteiger partial charge on any atom is 0.314 e. The van der Waals surface area contributed by atoms with Crippen molar-refractivity contribution in [1.29, 1.82) is 0 Å². The monoisotopic (exact) mass is 336 g/mol. The van der Waals surface area contributed by atoms with E-state index in [9.17, 15) is 23.1 Å². The molecule has 2 rings (SSSR count). The predicted octanol–water partition coefficient (Wildman–Crippen LogP) is 4.15. The van der Waals surface area contributed by atoms with Gasteiger partial charge in [-0.3, -0.25) is 4.79 Å². The fraction of sp³-hybridized carbons (Fsp3) is 0.462. The summed E-state index contributed by atoms with van der Waals surface area (Å²) in [6.45, 7) is 0. The number of carboxylic acid groups (broad SMARTS) is 1. The summed E-state index contributed by atoms with van der Waals surface area (Å²) in [5, 5.41) is 9.42. The fourth-order valence-corrected chi connectivity index (χ4v) is 3.08. The van der Waals surface area contributed by atoms with Gasteiger partial charge in [0.2, 0.25) is 0 Å². The molecule has 1 aliphatic carbocycles. The molecule has 0 aromatic heterocycles. The van der Waals surface area contributed by atoms with Gasteiger partial charge >= 0.3 is 5.97 Å². The Bertz CT molecular complexity index is 525. The van der Waals surface area contributed by atoms with E-state index in [1.165, 1.54) is 0 Å². The number of carbonyl (C=O) groups is 1. The standard InChI is InChI=1S/C13H12BrF3O2/c14-9-10(16)7(6-8(15)11(9)17)13(12(18)19)4-2-1-3-5-13/h6H,1-5H2,(H,18,19). The van der Waals surface area contributed by atoms with Crippen LogP contribution in [0, 0.1) is 17.5 Å². The van der Waals surface area contributed by atoms with Crippen molar-refractivity contribution in [2.75, 3.05) is 0 Å². The van der Waals surface area contributed by atoms with Crippen LogP contribution >= 0.6 is 15.9 Å². The van der Waals surface area contributed by atoms with E-state index in [1.54, 1.807) is 0 Å². The number of hydrogen-bond acceptors (Lipinski definition) is 1. The largest absolute Gasteiger partial charge is 0.481 e. The molecule has 0 amide bonds. The molecule has 6 heteroatoms. The lowest BCUT2D eigenvalue weighted by atomic mass is 9.69. The van der Waals surface area contributed by atoms with E-state index in [4.69, 9.17) is 0 Å². The van der Waals surface area contributed by atoms with Crippen LogP contribution in [-0.2, 0) is 10.2 Å². The maximum absolute atomic E-state index is 14.1. The van der Waals surface area contributed by atoms with Crippen LogP contribution in [0.2, 0.25) is 0 Å². The van der Waals surface area contributed by atoms with Crippen LogP contribution in [-0.4, -0.2) is 11.1 Å². The van der Waals surface area contributed by atoms with E-state index in [2.05, 4.69) is 15.9 Å². The molecule has 19 heavy (non-hydrogen) atoms. The van der Waals surface area contributed by atoms with Crippen molar-refractivity contribution in [3.63, 3.8) is 0 Å². The van der Waals surface area contributed by atoms with Crippen molar-refractivity contribution < 1.29 is 23.1 Å². The van der Waals surface area contributed by atoms with Gasteiger partial charge in [-0.25, -0.2) is 13.2 Å². The van der Waals surface area contributed by atoms with Crippen LogP contribution in [0.4, 0.5) is 13.2 Å². The normalized spacial score (nSPS) is 18.3. The Morgan fingerprint density at radius 1 is 1.16 bits per heavy atom. The molecule has 0 unspecified atom stereocenters. The first-order valence-corrected chi connectivity index (χ1v) is 6.76. The van der Waals surface area contributed by atoms with Crippen LogP contribution in [0.25, 0.3) is 0 Å². The molecule has 1 aliphatic rings. The summed E-state index contributed by atoms with van der Waals surface area (Å²) in [6, 6.07) is 0.675. The summed E-state index contributed by atoms with van der Waals surface area (Å²) in [4.78, 5) is 11.5. The van der Waals surface area contributed by atoms with Crippen molar-refractivity contribution in [2.45, 2.75) is 37.5 Å². The van der Waals surface area contributed by atoms with E-state index in [-0.39, 0.29) is 18.4 Å². The van der Waals surface area contributed by atoms with Gasteiger partial charge in [0.25, 0.3) is 0 Å². The SMILES string of the molecule is O=C(O)C1(c2cc(F)c(F)c(Br)c2F)CCCCC1. The predicted molar refractivity (Wildman–Crippen MR) is 66.4 cm³/mol. The molecule has 1 aromatic rings. The lowest BCUT2D eigenvalue weighted by molar-refractivity contribution is -0.145. The van der Waals surface area contributed by atoms with Crippen LogP contribution in [0.1, 0.15) is 37.7 Å². The highest BCUT2D eigenvalue weighted by Crippen LogP contribution is 2.43. The first-order valence-electron chi connectivity index (χ1n) is 5.97. The highest BCUT2D eigenvalue weighted by Gasteiger charge is 2.44. The summed E-state index contributed by atoms with van der Waals surface area (Å²) in [6.07, 6.45) is 2.58. The highest BCUT2D eigenvalue weighted by molar-refractivity contribution is 9.10. The molecule has 0 saturated heterocycles. The second kappa shape index (κ2) is 5.15. The fourth-order valence-electron chi connectivity index (χ4n) is 2.67. The van der Waals surface area contributed by atoms with Gasteiger partial charge in [-0.15, -0.1) is 0 Å². The zero-order valence-corrected chi connectivity index (χ0v) is 11.6. The molecule has 0 radical (unpaired) electrons. The van der Waals surface area contributed by atoms with Crippen LogP contribution in [0.3, 0.4) is 0 Å². The Morgan fingerprint density at radius 3 is 2.26 bits per heavy atom. The summed E-state index contributed by atoms with van der Waals surface area (Å²) in [7, 11) is 0. The summed E-state index contributed by atoms with van der Waals surface area (Å²) in [5.74, 6) is -4.79. The number of hydrogen-bond donors (Lipinski definition) is 1. The minimum atomic E-state index is -1.46. The Kier molecular flexibility index (Phi) is 3.90. The molecule has 0 heterocycles. The molecule has 1 saturated carbocycles. The third-order valence-corrected chi connectivity index (χ3v) is 4.43. The summed E-state index contributed by atoms with van der Waals surface area (Å²) >= 11 is 2.64. The lowest BCUT2D eigenvalue weighted by Gasteiger charge is -2.34. The van der Waals surface area contributed by atoms with Crippen molar-refractivity contribution in [2.24, 2.45) is 0 Å². The van der Waals surface area contributed by atoms with Crippen LogP contribution in [0.15, 0.2) is 10.5 Å². The average molecular weight is 337 g/mol. The number of halogens is 4. The van der Waals surface area contributed by atoms with Gasteiger partial charge < -0.3 is 5.11 Å². The first kappa shape index (κ1) is 14.4. The molecule has 0 spiro atoms. The van der Waals surface area contributed by atoms with Gasteiger partial charge in [0, 0.05) is 5.56 Å². The molecule has 104 valence electrons. The van der Waals surface area contributed by atoms with Gasteiger partial charge in [0.15, 0.2) is 11.6 Å². The minimum absolute atomic E-state index is 0.233. The number of aliphatic carboxylic acids is 1. The summed E-state index contributed by atoms with van der Waals surface area (Å²) < 4.78 is 40.2. The van der Waals surface area contributed by atoms with Crippen molar-refractivity contribution in [1.82, 2.24) is 0 Å². The van der Waals surface area contributed by atoms with Gasteiger partial charge in [-0.1, -0.05) is 19.3 Å². The molecular weight excluding hydrogens is 325 g/mol. The second-order valence-corrected chi connectivity index (χ2v) is 5.59. The molecule has 0 aliphatic heterocycles. The second-order valence-electron chi connectivity index (χ2n) is 4.80. The van der Waals surface area contributed by atoms with Crippen LogP contribution in [0.5, 0.6) is 0 Å². The zero-order chi connectivity index (χ0) is 14.2. The quantitative estimate of drug-likeness (QED) is 0.650. The highest BCUT2D eigenvalue weighted by atomic mass is 79.9. The third kappa shape index (κ3) is 2.26. The van der Waals surface area contributed by atoms with Gasteiger partial charge in [0.1, 0.15) is 5.82 Å². The van der Waals surface area contributed by atoms with E-state index >= 15 is 0 Å². The third-order valence-electron chi connectivity index (χ3n) is 3.73. The van der Waals surface area contributed by atoms with Crippen molar-refractivity contribution >= 4 is 21.9 Å². The van der Waals surface area contributed by atoms with Crippen molar-refractivity contribution in [3.05, 3.63) is 33.6 Å². The molecule has 2 nitrogen and oxygen atoms in total. The topological polar surface area (TPSA) is 37.3 Å². The molecule has 1 aromatic carbocycles. The van der Waals surface area contributed by atoms with Gasteiger partial charge in [-0.2, -0.15) is 0 Å². The first-order chi connectivity index (χ1) is 8.90. The lowest BCUT2D eigenvalue weighted by Crippen LogP contribution is -2.39. The van der Waals surface area contributed by atoms with E-state index < -0.39 is 33.3 Å². The Morgan fingerprint density at radius 2 is 1.74 bits per heavy atom. The minimum Gasteiger partial charge on any atom is -0.481 e. The molecular formula is C13H12BrF3O2. The van der Waals surface area contributed by atoms with E-state index in [0.29, 0.717) is 18.9 Å². The van der Waals surface area contributed by atoms with Gasteiger partial charge in [0.05, 0.1) is 9.89 Å². The van der Waals surface area contributed by atoms with Crippen molar-refractivity contribution in [3.8, 4) is 0 Å². The Hall–Kier alpha value is -1.04. The molecule has 1 fully saturated rings. The smallest absolute Gasteiger partial charge is 0.314 e. The zero-order valence-electron chi connectivity index (χ0n) is 9.98. The van der Waals surface area contributed by atoms with E-state index in [1.807, 2.05) is 0 Å². The number of carboxylic acids is 1. The summed E-state index contributed by atoms with van der Waals surface area (Å²) in [5.41, 5.74) is -1.73. The van der Waals surface area contributed by atoms with E-state index in [0.717, 1.165) is 6.42 Å². The molecule has 0 atom stereocenters. The van der Waals surface area contributed by atoms with Crippen LogP contribution < -0.4 is 0 Å². The maximum atomic E-state index is 14.1. The Labute approximate surface area is 116 Å². The number of rotatable bonds is 2.